The Labute approximate surface area is 127 Å². The number of carbonyl (C=O) groups excluding carboxylic acids is 1. The highest BCUT2D eigenvalue weighted by atomic mass is 16.5. The van der Waals surface area contributed by atoms with Gasteiger partial charge in [-0.3, -0.25) is 4.79 Å². The molecule has 1 aliphatic rings. The Morgan fingerprint density at radius 1 is 1.09 bits per heavy atom. The van der Waals surface area contributed by atoms with Crippen LogP contribution in [0.3, 0.4) is 0 Å². The number of hydrogen-bond acceptors (Lipinski definition) is 4. The maximum atomic E-state index is 12.1. The molecule has 0 saturated carbocycles. The number of carbonyl (C=O) groups is 1. The average Bonchev–Trinajstić information content (AvgIpc) is 2.84. The van der Waals surface area contributed by atoms with Crippen molar-refractivity contribution < 1.29 is 19.4 Å². The normalized spacial score (nSPS) is 14.6. The first-order chi connectivity index (χ1) is 10.6. The maximum Gasteiger partial charge on any atom is 0.256 e. The lowest BCUT2D eigenvalue weighted by Gasteiger charge is -2.09. The summed E-state index contributed by atoms with van der Waals surface area (Å²) >= 11 is 0. The molecule has 0 saturated heterocycles. The standard InChI is InChI=1S/C17H15NO4/c1-21-14-8-10(9-15(22-2)16(14)19)7-12-11-5-3-4-6-13(11)18-17(12)20/h3-9,19H,1-2H3,(H,18,20). The molecule has 2 aromatic carbocycles. The van der Waals surface area contributed by atoms with E-state index in [4.69, 9.17) is 9.47 Å². The molecule has 1 heterocycles. The van der Waals surface area contributed by atoms with Crippen LogP contribution < -0.4 is 14.8 Å². The van der Waals surface area contributed by atoms with Crippen LogP contribution in [0.4, 0.5) is 5.69 Å². The van der Waals surface area contributed by atoms with Crippen LogP contribution in [-0.4, -0.2) is 25.2 Å². The third-order valence-corrected chi connectivity index (χ3v) is 3.52. The summed E-state index contributed by atoms with van der Waals surface area (Å²) < 4.78 is 10.3. The van der Waals surface area contributed by atoms with Crippen LogP contribution in [0.5, 0.6) is 17.2 Å². The first-order valence-electron chi connectivity index (χ1n) is 6.71. The molecule has 22 heavy (non-hydrogen) atoms. The SMILES string of the molecule is COc1cc(C=C2C(=O)Nc3ccccc32)cc(OC)c1O. The molecular formula is C17H15NO4. The summed E-state index contributed by atoms with van der Waals surface area (Å²) in [5.41, 5.74) is 2.90. The van der Waals surface area contributed by atoms with Crippen molar-refractivity contribution in [3.63, 3.8) is 0 Å². The number of nitrogens with one attached hydrogen (secondary N) is 1. The highest BCUT2D eigenvalue weighted by Crippen LogP contribution is 2.39. The van der Waals surface area contributed by atoms with Crippen LogP contribution in [0.15, 0.2) is 36.4 Å². The van der Waals surface area contributed by atoms with E-state index < -0.39 is 0 Å². The molecule has 0 spiro atoms. The van der Waals surface area contributed by atoms with Gasteiger partial charge in [0, 0.05) is 16.8 Å². The van der Waals surface area contributed by atoms with Crippen molar-refractivity contribution in [2.75, 3.05) is 19.5 Å². The van der Waals surface area contributed by atoms with E-state index in [9.17, 15) is 9.90 Å². The number of benzene rings is 2. The molecule has 3 rings (SSSR count). The van der Waals surface area contributed by atoms with Crippen LogP contribution in [0, 0.1) is 0 Å². The molecule has 0 fully saturated rings. The number of fused-ring (bicyclic) bond motifs is 1. The second-order valence-electron chi connectivity index (χ2n) is 4.83. The van der Waals surface area contributed by atoms with Crippen molar-refractivity contribution in [3.8, 4) is 17.2 Å². The lowest BCUT2D eigenvalue weighted by Crippen LogP contribution is -2.03. The first-order valence-corrected chi connectivity index (χ1v) is 6.71. The summed E-state index contributed by atoms with van der Waals surface area (Å²) in [5.74, 6) is 0.353. The molecule has 0 unspecified atom stereocenters. The monoisotopic (exact) mass is 297 g/mol. The molecule has 0 bridgehead atoms. The van der Waals surface area contributed by atoms with Crippen molar-refractivity contribution in [2.45, 2.75) is 0 Å². The summed E-state index contributed by atoms with van der Waals surface area (Å²) in [6.45, 7) is 0. The Morgan fingerprint density at radius 3 is 2.36 bits per heavy atom. The summed E-state index contributed by atoms with van der Waals surface area (Å²) in [6, 6.07) is 10.8. The molecule has 0 aliphatic carbocycles. The van der Waals surface area contributed by atoms with Crippen LogP contribution in [-0.2, 0) is 4.79 Å². The van der Waals surface area contributed by atoms with Gasteiger partial charge in [-0.15, -0.1) is 0 Å². The predicted octanol–water partition coefficient (Wildman–Crippen LogP) is 2.90. The Balaban J connectivity index is 2.11. The molecule has 2 aromatic rings. The van der Waals surface area contributed by atoms with Gasteiger partial charge < -0.3 is 19.9 Å². The smallest absolute Gasteiger partial charge is 0.256 e. The van der Waals surface area contributed by atoms with E-state index in [1.54, 1.807) is 18.2 Å². The van der Waals surface area contributed by atoms with E-state index in [1.165, 1.54) is 14.2 Å². The zero-order valence-electron chi connectivity index (χ0n) is 12.2. The quantitative estimate of drug-likeness (QED) is 0.855. The van der Waals surface area contributed by atoms with E-state index in [-0.39, 0.29) is 23.2 Å². The Bertz CT molecular complexity index is 755. The molecule has 1 amide bonds. The summed E-state index contributed by atoms with van der Waals surface area (Å²) in [5, 5.41) is 12.8. The number of para-hydroxylation sites is 1. The van der Waals surface area contributed by atoms with Gasteiger partial charge in [-0.25, -0.2) is 0 Å². The average molecular weight is 297 g/mol. The number of methoxy groups -OCH3 is 2. The fraction of sp³-hybridized carbons (Fsp3) is 0.118. The summed E-state index contributed by atoms with van der Waals surface area (Å²) in [7, 11) is 2.92. The molecule has 0 aromatic heterocycles. The van der Waals surface area contributed by atoms with Crippen LogP contribution in [0.1, 0.15) is 11.1 Å². The minimum absolute atomic E-state index is 0.0663. The highest BCUT2D eigenvalue weighted by molar-refractivity contribution is 6.34. The van der Waals surface area contributed by atoms with E-state index in [0.29, 0.717) is 11.1 Å². The number of phenols is 1. The van der Waals surface area contributed by atoms with Crippen LogP contribution in [0.2, 0.25) is 0 Å². The molecule has 112 valence electrons. The second-order valence-corrected chi connectivity index (χ2v) is 4.83. The van der Waals surface area contributed by atoms with Crippen molar-refractivity contribution in [3.05, 3.63) is 47.5 Å². The van der Waals surface area contributed by atoms with Gasteiger partial charge in [0.05, 0.1) is 14.2 Å². The number of anilines is 1. The molecular weight excluding hydrogens is 282 g/mol. The van der Waals surface area contributed by atoms with Gasteiger partial charge in [-0.1, -0.05) is 18.2 Å². The van der Waals surface area contributed by atoms with Crippen LogP contribution >= 0.6 is 0 Å². The zero-order chi connectivity index (χ0) is 15.7. The van der Waals surface area contributed by atoms with E-state index in [1.807, 2.05) is 24.3 Å². The van der Waals surface area contributed by atoms with Gasteiger partial charge in [-0.05, 0) is 29.8 Å². The number of aromatic hydroxyl groups is 1. The van der Waals surface area contributed by atoms with E-state index >= 15 is 0 Å². The molecule has 1 aliphatic heterocycles. The molecule has 2 N–H and O–H groups in total. The molecule has 0 radical (unpaired) electrons. The predicted molar refractivity (Wildman–Crippen MR) is 84.2 cm³/mol. The fourth-order valence-corrected chi connectivity index (χ4v) is 2.45. The minimum Gasteiger partial charge on any atom is -0.502 e. The van der Waals surface area contributed by atoms with Gasteiger partial charge in [-0.2, -0.15) is 0 Å². The maximum absolute atomic E-state index is 12.1. The highest BCUT2D eigenvalue weighted by Gasteiger charge is 2.23. The number of hydrogen-bond donors (Lipinski definition) is 2. The fourth-order valence-electron chi connectivity index (χ4n) is 2.45. The summed E-state index contributed by atoms with van der Waals surface area (Å²) in [6.07, 6.45) is 1.74. The lowest BCUT2D eigenvalue weighted by molar-refractivity contribution is -0.110. The number of amides is 1. The van der Waals surface area contributed by atoms with Crippen molar-refractivity contribution in [1.29, 1.82) is 0 Å². The minimum atomic E-state index is -0.160. The number of rotatable bonds is 3. The van der Waals surface area contributed by atoms with Crippen molar-refractivity contribution >= 4 is 23.2 Å². The second kappa shape index (κ2) is 5.44. The zero-order valence-corrected chi connectivity index (χ0v) is 12.2. The Kier molecular flexibility index (Phi) is 3.47. The van der Waals surface area contributed by atoms with Gasteiger partial charge in [0.1, 0.15) is 0 Å². The third-order valence-electron chi connectivity index (χ3n) is 3.52. The third kappa shape index (κ3) is 2.26. The van der Waals surface area contributed by atoms with Gasteiger partial charge in [0.25, 0.3) is 5.91 Å². The summed E-state index contributed by atoms with van der Waals surface area (Å²) in [4.78, 5) is 12.1. The van der Waals surface area contributed by atoms with Crippen LogP contribution in [0.25, 0.3) is 11.6 Å². The Hall–Kier alpha value is -2.95. The van der Waals surface area contributed by atoms with Crippen molar-refractivity contribution in [1.82, 2.24) is 0 Å². The number of phenolic OH excluding ortho intramolecular Hbond substituents is 1. The molecule has 5 heteroatoms. The van der Waals surface area contributed by atoms with E-state index in [0.717, 1.165) is 11.3 Å². The van der Waals surface area contributed by atoms with Gasteiger partial charge >= 0.3 is 0 Å². The lowest BCUT2D eigenvalue weighted by atomic mass is 10.0. The molecule has 0 atom stereocenters. The number of ether oxygens (including phenoxy) is 2. The Morgan fingerprint density at radius 2 is 1.73 bits per heavy atom. The molecule has 5 nitrogen and oxygen atoms in total. The first kappa shape index (κ1) is 14.0. The van der Waals surface area contributed by atoms with Gasteiger partial charge in [0.2, 0.25) is 5.75 Å². The van der Waals surface area contributed by atoms with Crippen molar-refractivity contribution in [2.24, 2.45) is 0 Å². The largest absolute Gasteiger partial charge is 0.502 e. The van der Waals surface area contributed by atoms with Gasteiger partial charge in [0.15, 0.2) is 11.5 Å². The van der Waals surface area contributed by atoms with E-state index in [2.05, 4.69) is 5.32 Å². The topological polar surface area (TPSA) is 67.8 Å².